The van der Waals surface area contributed by atoms with Crippen molar-refractivity contribution in [2.24, 2.45) is 0 Å². The van der Waals surface area contributed by atoms with Gasteiger partial charge in [0.2, 0.25) is 0 Å². The quantitative estimate of drug-likeness (QED) is 0.279. The first-order valence-electron chi connectivity index (χ1n) is 11.8. The van der Waals surface area contributed by atoms with Gasteiger partial charge in [0.25, 0.3) is 0 Å². The molecule has 35 heavy (non-hydrogen) atoms. The lowest BCUT2D eigenvalue weighted by atomic mass is 10.0. The van der Waals surface area contributed by atoms with Crippen LogP contribution in [0.1, 0.15) is 5.69 Å². The van der Waals surface area contributed by atoms with Crippen LogP contribution in [-0.2, 0) is 0 Å². The molecule has 7 rings (SSSR count). The molecule has 0 fully saturated rings. The Morgan fingerprint density at radius 3 is 2.37 bits per heavy atom. The summed E-state index contributed by atoms with van der Waals surface area (Å²) in [7, 11) is 0. The molecule has 0 N–H and O–H groups in total. The van der Waals surface area contributed by atoms with Gasteiger partial charge in [0.05, 0.1) is 22.2 Å². The summed E-state index contributed by atoms with van der Waals surface area (Å²) in [5.74, 6) is 0. The molecule has 0 bridgehead atoms. The van der Waals surface area contributed by atoms with Crippen molar-refractivity contribution in [3.63, 3.8) is 0 Å². The summed E-state index contributed by atoms with van der Waals surface area (Å²) in [5, 5.41) is 8.14. The van der Waals surface area contributed by atoms with Gasteiger partial charge in [-0.1, -0.05) is 60.7 Å². The van der Waals surface area contributed by atoms with E-state index in [0.29, 0.717) is 0 Å². The first-order chi connectivity index (χ1) is 17.3. The van der Waals surface area contributed by atoms with Crippen LogP contribution in [0, 0.1) is 6.92 Å². The van der Waals surface area contributed by atoms with Crippen molar-refractivity contribution in [3.05, 3.63) is 121 Å². The summed E-state index contributed by atoms with van der Waals surface area (Å²) in [4.78, 5) is 4.69. The number of nitrogens with zero attached hydrogens (tertiary/aromatic N) is 4. The Hall–Kier alpha value is -4.70. The van der Waals surface area contributed by atoms with Gasteiger partial charge >= 0.3 is 0 Å². The van der Waals surface area contributed by atoms with Crippen molar-refractivity contribution >= 4 is 32.7 Å². The van der Waals surface area contributed by atoms with Gasteiger partial charge in [-0.15, -0.1) is 0 Å². The average Bonchev–Trinajstić information content (AvgIpc) is 3.49. The molecule has 4 nitrogen and oxygen atoms in total. The van der Waals surface area contributed by atoms with Crippen LogP contribution < -0.4 is 0 Å². The monoisotopic (exact) mass is 450 g/mol. The first-order valence-corrected chi connectivity index (χ1v) is 11.8. The minimum absolute atomic E-state index is 1.02. The summed E-state index contributed by atoms with van der Waals surface area (Å²) in [6.45, 7) is 2.07. The van der Waals surface area contributed by atoms with E-state index < -0.39 is 0 Å². The highest BCUT2D eigenvalue weighted by atomic mass is 15.3. The first kappa shape index (κ1) is 19.7. The van der Waals surface area contributed by atoms with Gasteiger partial charge in [-0.3, -0.25) is 4.98 Å². The molecule has 166 valence electrons. The fourth-order valence-electron chi connectivity index (χ4n) is 5.16. The fraction of sp³-hybridized carbons (Fsp3) is 0.0323. The molecular weight excluding hydrogens is 428 g/mol. The van der Waals surface area contributed by atoms with Crippen LogP contribution in [0.15, 0.2) is 116 Å². The third kappa shape index (κ3) is 3.07. The third-order valence-corrected chi connectivity index (χ3v) is 6.78. The van der Waals surface area contributed by atoms with E-state index in [2.05, 4.69) is 108 Å². The second kappa shape index (κ2) is 7.67. The molecule has 0 aliphatic carbocycles. The number of benzene rings is 4. The molecule has 4 heteroatoms. The largest absolute Gasteiger partial charge is 0.309 e. The van der Waals surface area contributed by atoms with Crippen LogP contribution in [0.3, 0.4) is 0 Å². The highest BCUT2D eigenvalue weighted by Gasteiger charge is 2.15. The predicted molar refractivity (Wildman–Crippen MR) is 143 cm³/mol. The number of para-hydroxylation sites is 2. The Balaban J connectivity index is 1.51. The Morgan fingerprint density at radius 2 is 1.46 bits per heavy atom. The molecule has 0 aliphatic rings. The van der Waals surface area contributed by atoms with E-state index in [0.717, 1.165) is 39.1 Å². The van der Waals surface area contributed by atoms with E-state index in [4.69, 9.17) is 4.98 Å². The Morgan fingerprint density at radius 1 is 0.629 bits per heavy atom. The molecule has 0 atom stereocenters. The molecule has 4 aromatic carbocycles. The average molecular weight is 451 g/mol. The molecule has 7 aromatic rings. The minimum atomic E-state index is 1.02. The number of fused-ring (bicyclic) bond motifs is 4. The van der Waals surface area contributed by atoms with Gasteiger partial charge in [0.15, 0.2) is 0 Å². The van der Waals surface area contributed by atoms with E-state index in [9.17, 15) is 0 Å². The molecule has 3 aromatic heterocycles. The van der Waals surface area contributed by atoms with Gasteiger partial charge in [-0.25, -0.2) is 4.68 Å². The maximum Gasteiger partial charge on any atom is 0.0780 e. The van der Waals surface area contributed by atoms with Crippen molar-refractivity contribution in [1.29, 1.82) is 0 Å². The van der Waals surface area contributed by atoms with Crippen LogP contribution in [0.5, 0.6) is 0 Å². The van der Waals surface area contributed by atoms with E-state index in [1.165, 1.54) is 21.8 Å². The van der Waals surface area contributed by atoms with Crippen LogP contribution in [-0.4, -0.2) is 19.3 Å². The molecule has 0 saturated carbocycles. The Labute approximate surface area is 202 Å². The molecule has 0 amide bonds. The zero-order valence-corrected chi connectivity index (χ0v) is 19.3. The Kier molecular flexibility index (Phi) is 4.33. The maximum atomic E-state index is 4.69. The lowest BCUT2D eigenvalue weighted by Crippen LogP contribution is -2.01. The number of hydrogen-bond donors (Lipinski definition) is 0. The maximum absolute atomic E-state index is 4.69. The van der Waals surface area contributed by atoms with Crippen molar-refractivity contribution in [2.45, 2.75) is 6.92 Å². The Bertz CT molecular complexity index is 1870. The summed E-state index contributed by atoms with van der Waals surface area (Å²) < 4.78 is 4.33. The van der Waals surface area contributed by atoms with Crippen LogP contribution in [0.25, 0.3) is 55.2 Å². The second-order valence-corrected chi connectivity index (χ2v) is 8.87. The minimum Gasteiger partial charge on any atom is -0.309 e. The van der Waals surface area contributed by atoms with Crippen LogP contribution in [0.4, 0.5) is 0 Å². The summed E-state index contributed by atoms with van der Waals surface area (Å²) in [6, 6.07) is 36.5. The fourth-order valence-corrected chi connectivity index (χ4v) is 5.16. The molecular formula is C31H22N4. The number of rotatable bonds is 3. The zero-order chi connectivity index (χ0) is 23.4. The van der Waals surface area contributed by atoms with Gasteiger partial charge in [0, 0.05) is 45.5 Å². The second-order valence-electron chi connectivity index (χ2n) is 8.87. The molecule has 0 radical (unpaired) electrons. The zero-order valence-electron chi connectivity index (χ0n) is 19.3. The standard InChI is InChI=1S/C31H22N4/c1-21-16-18-33-35(21)25-10-5-9-24(20-25)34-29-13-3-2-11-27(29)28-15-14-23(19-30(28)34)26-12-4-7-22-8-6-17-32-31(22)26/h2-20H,1H3. The molecule has 0 aliphatic heterocycles. The lowest BCUT2D eigenvalue weighted by Gasteiger charge is -2.12. The number of pyridine rings is 1. The molecule has 3 heterocycles. The van der Waals surface area contributed by atoms with Gasteiger partial charge in [-0.05, 0) is 55.0 Å². The molecule has 0 spiro atoms. The molecule has 0 unspecified atom stereocenters. The summed E-state index contributed by atoms with van der Waals surface area (Å²) in [5.41, 5.74) is 8.94. The van der Waals surface area contributed by atoms with Crippen molar-refractivity contribution in [2.75, 3.05) is 0 Å². The van der Waals surface area contributed by atoms with Gasteiger partial charge in [0.1, 0.15) is 0 Å². The van der Waals surface area contributed by atoms with E-state index in [-0.39, 0.29) is 0 Å². The van der Waals surface area contributed by atoms with Crippen LogP contribution in [0.2, 0.25) is 0 Å². The number of hydrogen-bond acceptors (Lipinski definition) is 2. The van der Waals surface area contributed by atoms with Gasteiger partial charge in [-0.2, -0.15) is 5.10 Å². The number of aromatic nitrogens is 4. The third-order valence-electron chi connectivity index (χ3n) is 6.78. The van der Waals surface area contributed by atoms with E-state index in [1.807, 2.05) is 29.2 Å². The smallest absolute Gasteiger partial charge is 0.0780 e. The van der Waals surface area contributed by atoms with Crippen LogP contribution >= 0.6 is 0 Å². The normalized spacial score (nSPS) is 11.6. The van der Waals surface area contributed by atoms with Gasteiger partial charge < -0.3 is 4.57 Å². The van der Waals surface area contributed by atoms with Crippen molar-refractivity contribution in [1.82, 2.24) is 19.3 Å². The summed E-state index contributed by atoms with van der Waals surface area (Å²) >= 11 is 0. The highest BCUT2D eigenvalue weighted by molar-refractivity contribution is 6.10. The van der Waals surface area contributed by atoms with E-state index >= 15 is 0 Å². The topological polar surface area (TPSA) is 35.6 Å². The molecule has 0 saturated heterocycles. The predicted octanol–water partition coefficient (Wildman–Crippen LogP) is 7.49. The SMILES string of the molecule is Cc1ccnn1-c1cccc(-n2c3ccccc3c3ccc(-c4cccc5cccnc45)cc32)c1. The summed E-state index contributed by atoms with van der Waals surface area (Å²) in [6.07, 6.45) is 3.71. The lowest BCUT2D eigenvalue weighted by molar-refractivity contribution is 0.846. The van der Waals surface area contributed by atoms with Crippen molar-refractivity contribution < 1.29 is 0 Å². The highest BCUT2D eigenvalue weighted by Crippen LogP contribution is 2.36. The van der Waals surface area contributed by atoms with E-state index in [1.54, 1.807) is 0 Å². The number of aryl methyl sites for hydroxylation is 1. The van der Waals surface area contributed by atoms with Crippen molar-refractivity contribution in [3.8, 4) is 22.5 Å².